The molecule has 1 heterocycles. The first kappa shape index (κ1) is 15.5. The van der Waals surface area contributed by atoms with Gasteiger partial charge in [0.1, 0.15) is 0 Å². The van der Waals surface area contributed by atoms with Gasteiger partial charge in [-0.15, -0.1) is 12.4 Å². The number of hydrogen-bond acceptors (Lipinski definition) is 2. The summed E-state index contributed by atoms with van der Waals surface area (Å²) >= 11 is 3.41. The van der Waals surface area contributed by atoms with Gasteiger partial charge in [0.25, 0.3) is 0 Å². The lowest BCUT2D eigenvalue weighted by molar-refractivity contribution is -0.131. The van der Waals surface area contributed by atoms with Gasteiger partial charge < -0.3 is 10.6 Å². The fraction of sp³-hybridized carbons (Fsp3) is 0.462. The number of benzene rings is 1. The topological polar surface area (TPSA) is 46.3 Å². The van der Waals surface area contributed by atoms with Crippen LogP contribution in [0.2, 0.25) is 0 Å². The lowest BCUT2D eigenvalue weighted by Gasteiger charge is -2.30. The lowest BCUT2D eigenvalue weighted by atomic mass is 10.1. The van der Waals surface area contributed by atoms with Gasteiger partial charge in [-0.25, -0.2) is 0 Å². The zero-order chi connectivity index (χ0) is 12.3. The first-order valence-corrected chi connectivity index (χ1v) is 6.72. The highest BCUT2D eigenvalue weighted by Crippen LogP contribution is 2.14. The van der Waals surface area contributed by atoms with Gasteiger partial charge in [0, 0.05) is 23.6 Å². The van der Waals surface area contributed by atoms with E-state index < -0.39 is 0 Å². The third-order valence-corrected chi connectivity index (χ3v) is 3.55. The Labute approximate surface area is 122 Å². The molecule has 1 aliphatic rings. The van der Waals surface area contributed by atoms with Crippen molar-refractivity contribution in [1.82, 2.24) is 4.90 Å². The van der Waals surface area contributed by atoms with Crippen molar-refractivity contribution in [3.8, 4) is 0 Å². The Kier molecular flexibility index (Phi) is 6.12. The van der Waals surface area contributed by atoms with Gasteiger partial charge in [0.05, 0.1) is 6.42 Å². The molecule has 1 unspecified atom stereocenters. The van der Waals surface area contributed by atoms with E-state index in [0.29, 0.717) is 13.0 Å². The number of halogens is 2. The molecule has 1 amide bonds. The molecule has 3 nitrogen and oxygen atoms in total. The van der Waals surface area contributed by atoms with Crippen molar-refractivity contribution in [2.45, 2.75) is 25.3 Å². The fourth-order valence-electron chi connectivity index (χ4n) is 2.17. The monoisotopic (exact) mass is 332 g/mol. The average Bonchev–Trinajstić information content (AvgIpc) is 2.29. The van der Waals surface area contributed by atoms with Crippen LogP contribution in [-0.2, 0) is 11.2 Å². The molecule has 1 atom stereocenters. The predicted octanol–water partition coefficient (Wildman–Crippen LogP) is 2.36. The van der Waals surface area contributed by atoms with Gasteiger partial charge >= 0.3 is 0 Å². The normalized spacial score (nSPS) is 19.2. The van der Waals surface area contributed by atoms with Gasteiger partial charge in [0.15, 0.2) is 0 Å². The Balaban J connectivity index is 0.00000162. The summed E-state index contributed by atoms with van der Waals surface area (Å²) in [7, 11) is 0. The van der Waals surface area contributed by atoms with Gasteiger partial charge in [-0.1, -0.05) is 28.1 Å². The summed E-state index contributed by atoms with van der Waals surface area (Å²) in [6.07, 6.45) is 2.51. The molecule has 1 fully saturated rings. The molecule has 1 aromatic rings. The molecule has 18 heavy (non-hydrogen) atoms. The molecular weight excluding hydrogens is 316 g/mol. The van der Waals surface area contributed by atoms with Crippen LogP contribution in [0.15, 0.2) is 28.7 Å². The molecule has 0 aromatic heterocycles. The molecule has 0 bridgehead atoms. The van der Waals surface area contributed by atoms with Crippen LogP contribution in [-0.4, -0.2) is 29.9 Å². The lowest BCUT2D eigenvalue weighted by Crippen LogP contribution is -2.46. The maximum Gasteiger partial charge on any atom is 0.227 e. The first-order valence-electron chi connectivity index (χ1n) is 5.93. The van der Waals surface area contributed by atoms with Gasteiger partial charge in [-0.2, -0.15) is 0 Å². The maximum absolute atomic E-state index is 12.1. The summed E-state index contributed by atoms with van der Waals surface area (Å²) in [5.41, 5.74) is 6.92. The molecular formula is C13H18BrClN2O. The number of nitrogens with two attached hydrogens (primary N) is 1. The smallest absolute Gasteiger partial charge is 0.227 e. The standard InChI is InChI=1S/C13H17BrN2O.ClH/c14-11-4-1-3-10(7-11)8-13(17)16-6-2-5-12(15)9-16;/h1,3-4,7,12H,2,5-6,8-9,15H2;1H. The highest BCUT2D eigenvalue weighted by molar-refractivity contribution is 9.10. The number of rotatable bonds is 2. The molecule has 0 saturated carbocycles. The van der Waals surface area contributed by atoms with Crippen LogP contribution in [0.4, 0.5) is 0 Å². The van der Waals surface area contributed by atoms with Crippen LogP contribution in [0.5, 0.6) is 0 Å². The van der Waals surface area contributed by atoms with E-state index in [2.05, 4.69) is 15.9 Å². The average molecular weight is 334 g/mol. The first-order chi connectivity index (χ1) is 8.15. The van der Waals surface area contributed by atoms with E-state index in [1.54, 1.807) is 0 Å². The molecule has 5 heteroatoms. The van der Waals surface area contributed by atoms with Crippen molar-refractivity contribution in [1.29, 1.82) is 0 Å². The second-order valence-corrected chi connectivity index (χ2v) is 5.46. The molecule has 0 aliphatic carbocycles. The number of carbonyl (C=O) groups excluding carboxylic acids is 1. The zero-order valence-corrected chi connectivity index (χ0v) is 12.5. The second kappa shape index (κ2) is 7.12. The number of hydrogen-bond donors (Lipinski definition) is 1. The summed E-state index contributed by atoms with van der Waals surface area (Å²) in [5.74, 6) is 0.179. The molecule has 2 rings (SSSR count). The Morgan fingerprint density at radius 2 is 2.28 bits per heavy atom. The van der Waals surface area contributed by atoms with Crippen molar-refractivity contribution < 1.29 is 4.79 Å². The Bertz CT molecular complexity index is 414. The molecule has 1 saturated heterocycles. The van der Waals surface area contributed by atoms with Crippen LogP contribution < -0.4 is 5.73 Å². The maximum atomic E-state index is 12.1. The number of likely N-dealkylation sites (tertiary alicyclic amines) is 1. The van der Waals surface area contributed by atoms with Crippen molar-refractivity contribution in [3.63, 3.8) is 0 Å². The van der Waals surface area contributed by atoms with Crippen molar-refractivity contribution in [2.24, 2.45) is 5.73 Å². The van der Waals surface area contributed by atoms with E-state index >= 15 is 0 Å². The quantitative estimate of drug-likeness (QED) is 0.903. The summed E-state index contributed by atoms with van der Waals surface area (Å²) in [4.78, 5) is 14.0. The van der Waals surface area contributed by atoms with Crippen LogP contribution >= 0.6 is 28.3 Å². The number of piperidine rings is 1. The minimum atomic E-state index is 0. The molecule has 1 aromatic carbocycles. The summed E-state index contributed by atoms with van der Waals surface area (Å²) in [6, 6.07) is 8.03. The number of nitrogens with zero attached hydrogens (tertiary/aromatic N) is 1. The third kappa shape index (κ3) is 4.26. The number of carbonyl (C=O) groups is 1. The van der Waals surface area contributed by atoms with E-state index in [1.807, 2.05) is 29.2 Å². The largest absolute Gasteiger partial charge is 0.341 e. The minimum absolute atomic E-state index is 0. The van der Waals surface area contributed by atoms with E-state index in [-0.39, 0.29) is 24.4 Å². The third-order valence-electron chi connectivity index (χ3n) is 3.05. The van der Waals surface area contributed by atoms with Gasteiger partial charge in [-0.05, 0) is 30.5 Å². The summed E-state index contributed by atoms with van der Waals surface area (Å²) in [6.45, 7) is 1.55. The van der Waals surface area contributed by atoms with Crippen molar-refractivity contribution in [3.05, 3.63) is 34.3 Å². The second-order valence-electron chi connectivity index (χ2n) is 4.55. The summed E-state index contributed by atoms with van der Waals surface area (Å²) < 4.78 is 1.01. The van der Waals surface area contributed by atoms with E-state index in [9.17, 15) is 4.79 Å². The van der Waals surface area contributed by atoms with E-state index in [1.165, 1.54) is 0 Å². The van der Waals surface area contributed by atoms with Crippen LogP contribution in [0, 0.1) is 0 Å². The molecule has 1 aliphatic heterocycles. The van der Waals surface area contributed by atoms with E-state index in [4.69, 9.17) is 5.73 Å². The highest BCUT2D eigenvalue weighted by Gasteiger charge is 2.21. The van der Waals surface area contributed by atoms with Crippen LogP contribution in [0.3, 0.4) is 0 Å². The Hall–Kier alpha value is -0.580. The predicted molar refractivity (Wildman–Crippen MR) is 78.9 cm³/mol. The van der Waals surface area contributed by atoms with Crippen LogP contribution in [0.25, 0.3) is 0 Å². The van der Waals surface area contributed by atoms with Crippen molar-refractivity contribution in [2.75, 3.05) is 13.1 Å². The molecule has 0 spiro atoms. The SMILES string of the molecule is Cl.NC1CCCN(C(=O)Cc2cccc(Br)c2)C1. The zero-order valence-electron chi connectivity index (χ0n) is 10.1. The van der Waals surface area contributed by atoms with Gasteiger partial charge in [0.2, 0.25) is 5.91 Å². The van der Waals surface area contributed by atoms with E-state index in [0.717, 1.165) is 29.4 Å². The Morgan fingerprint density at radius 1 is 1.50 bits per heavy atom. The molecule has 100 valence electrons. The Morgan fingerprint density at radius 3 is 2.94 bits per heavy atom. The highest BCUT2D eigenvalue weighted by atomic mass is 79.9. The van der Waals surface area contributed by atoms with Gasteiger partial charge in [-0.3, -0.25) is 4.79 Å². The minimum Gasteiger partial charge on any atom is -0.341 e. The van der Waals surface area contributed by atoms with Crippen molar-refractivity contribution >= 4 is 34.2 Å². The number of amides is 1. The molecule has 0 radical (unpaired) electrons. The summed E-state index contributed by atoms with van der Waals surface area (Å²) in [5, 5.41) is 0. The van der Waals surface area contributed by atoms with Crippen LogP contribution in [0.1, 0.15) is 18.4 Å². The molecule has 2 N–H and O–H groups in total. The fourth-order valence-corrected chi connectivity index (χ4v) is 2.62.